The SMILES string of the molecule is CN1C(=O)CCC(n2ncc3c(O)cccc3c2=O)C1=O. The van der Waals surface area contributed by atoms with E-state index in [1.165, 1.54) is 19.3 Å². The van der Waals surface area contributed by atoms with E-state index < -0.39 is 17.5 Å². The van der Waals surface area contributed by atoms with Crippen LogP contribution in [0.3, 0.4) is 0 Å². The van der Waals surface area contributed by atoms with E-state index in [0.29, 0.717) is 5.39 Å². The number of hydrogen-bond acceptors (Lipinski definition) is 5. The fourth-order valence-electron chi connectivity index (χ4n) is 2.52. The molecule has 1 aromatic heterocycles. The second-order valence-corrected chi connectivity index (χ2v) is 4.98. The highest BCUT2D eigenvalue weighted by atomic mass is 16.3. The van der Waals surface area contributed by atoms with E-state index in [-0.39, 0.29) is 29.9 Å². The standard InChI is InChI=1S/C14H13N3O4/c1-16-12(19)6-5-10(14(16)21)17-13(20)8-3-2-4-11(18)9(8)7-15-17/h2-4,7,10,18H,5-6H2,1H3. The number of benzene rings is 1. The number of likely N-dealkylation sites (N-methyl/N-ethyl adjacent to an activating group) is 1. The van der Waals surface area contributed by atoms with Crippen LogP contribution in [0.4, 0.5) is 0 Å². The van der Waals surface area contributed by atoms with Gasteiger partial charge in [0.1, 0.15) is 11.8 Å². The molecule has 1 unspecified atom stereocenters. The van der Waals surface area contributed by atoms with Gasteiger partial charge in [-0.05, 0) is 18.6 Å². The van der Waals surface area contributed by atoms with E-state index >= 15 is 0 Å². The van der Waals surface area contributed by atoms with Crippen LogP contribution in [0.15, 0.2) is 29.2 Å². The molecule has 1 N–H and O–H groups in total. The lowest BCUT2D eigenvalue weighted by atomic mass is 10.0. The third-order valence-corrected chi connectivity index (χ3v) is 3.75. The molecule has 3 rings (SSSR count). The quantitative estimate of drug-likeness (QED) is 0.767. The minimum atomic E-state index is -0.785. The maximum Gasteiger partial charge on any atom is 0.275 e. The van der Waals surface area contributed by atoms with Crippen LogP contribution < -0.4 is 5.56 Å². The van der Waals surface area contributed by atoms with Crippen molar-refractivity contribution in [2.75, 3.05) is 7.05 Å². The van der Waals surface area contributed by atoms with Gasteiger partial charge in [0.05, 0.1) is 11.6 Å². The van der Waals surface area contributed by atoms with Crippen molar-refractivity contribution in [2.45, 2.75) is 18.9 Å². The van der Waals surface area contributed by atoms with Gasteiger partial charge in [0, 0.05) is 18.9 Å². The summed E-state index contributed by atoms with van der Waals surface area (Å²) in [7, 11) is 1.40. The van der Waals surface area contributed by atoms with E-state index in [2.05, 4.69) is 5.10 Å². The molecule has 2 heterocycles. The fourth-order valence-corrected chi connectivity index (χ4v) is 2.52. The number of phenolic OH excluding ortho intramolecular Hbond substituents is 1. The summed E-state index contributed by atoms with van der Waals surface area (Å²) < 4.78 is 1.09. The van der Waals surface area contributed by atoms with Crippen molar-refractivity contribution in [3.63, 3.8) is 0 Å². The molecule has 0 radical (unpaired) electrons. The number of aromatic hydroxyl groups is 1. The van der Waals surface area contributed by atoms with Gasteiger partial charge in [-0.2, -0.15) is 5.10 Å². The largest absolute Gasteiger partial charge is 0.507 e. The van der Waals surface area contributed by atoms with E-state index in [0.717, 1.165) is 9.58 Å². The lowest BCUT2D eigenvalue weighted by molar-refractivity contribution is -0.149. The molecule has 2 amide bonds. The van der Waals surface area contributed by atoms with Crippen molar-refractivity contribution >= 4 is 22.6 Å². The zero-order valence-corrected chi connectivity index (χ0v) is 11.3. The van der Waals surface area contributed by atoms with Gasteiger partial charge >= 0.3 is 0 Å². The zero-order valence-electron chi connectivity index (χ0n) is 11.3. The van der Waals surface area contributed by atoms with E-state index in [4.69, 9.17) is 0 Å². The van der Waals surface area contributed by atoms with Gasteiger partial charge in [0.25, 0.3) is 11.5 Å². The van der Waals surface area contributed by atoms with Crippen LogP contribution in [0.5, 0.6) is 5.75 Å². The van der Waals surface area contributed by atoms with Crippen molar-refractivity contribution in [3.8, 4) is 5.75 Å². The third-order valence-electron chi connectivity index (χ3n) is 3.75. The number of rotatable bonds is 1. The average Bonchev–Trinajstić information content (AvgIpc) is 2.47. The normalized spacial score (nSPS) is 19.3. The summed E-state index contributed by atoms with van der Waals surface area (Å²) in [5.41, 5.74) is -0.454. The number of piperidine rings is 1. The number of likely N-dealkylation sites (tertiary alicyclic amines) is 1. The van der Waals surface area contributed by atoms with Crippen molar-refractivity contribution in [1.82, 2.24) is 14.7 Å². The summed E-state index contributed by atoms with van der Waals surface area (Å²) in [6, 6.07) is 3.80. The van der Waals surface area contributed by atoms with Gasteiger partial charge in [-0.3, -0.25) is 19.3 Å². The molecular weight excluding hydrogens is 274 g/mol. The Hall–Kier alpha value is -2.70. The number of aromatic nitrogens is 2. The lowest BCUT2D eigenvalue weighted by Crippen LogP contribution is -2.46. The van der Waals surface area contributed by atoms with Crippen molar-refractivity contribution in [2.24, 2.45) is 0 Å². The second kappa shape index (κ2) is 4.69. The monoisotopic (exact) mass is 287 g/mol. The van der Waals surface area contributed by atoms with Crippen LogP contribution in [0.1, 0.15) is 18.9 Å². The summed E-state index contributed by atoms with van der Waals surface area (Å²) in [5, 5.41) is 14.3. The number of carbonyl (C=O) groups is 2. The number of carbonyl (C=O) groups excluding carboxylic acids is 2. The van der Waals surface area contributed by atoms with Crippen LogP contribution in [0, 0.1) is 0 Å². The van der Waals surface area contributed by atoms with E-state index in [1.807, 2.05) is 0 Å². The summed E-state index contributed by atoms with van der Waals surface area (Å²) >= 11 is 0. The Balaban J connectivity index is 2.14. The first kappa shape index (κ1) is 13.3. The molecule has 1 saturated heterocycles. The first-order valence-corrected chi connectivity index (χ1v) is 6.50. The summed E-state index contributed by atoms with van der Waals surface area (Å²) in [4.78, 5) is 37.1. The summed E-state index contributed by atoms with van der Waals surface area (Å²) in [5.74, 6) is -0.741. The summed E-state index contributed by atoms with van der Waals surface area (Å²) in [6.07, 6.45) is 1.80. The van der Waals surface area contributed by atoms with Gasteiger partial charge in [-0.15, -0.1) is 0 Å². The predicted octanol–water partition coefficient (Wildman–Crippen LogP) is 0.422. The number of fused-ring (bicyclic) bond motifs is 1. The Morgan fingerprint density at radius 3 is 2.76 bits per heavy atom. The van der Waals surface area contributed by atoms with E-state index in [1.54, 1.807) is 12.1 Å². The highest BCUT2D eigenvalue weighted by molar-refractivity contribution is 5.99. The first-order chi connectivity index (χ1) is 10.0. The number of imide groups is 1. The van der Waals surface area contributed by atoms with Crippen LogP contribution in [0.25, 0.3) is 10.8 Å². The molecule has 2 aromatic rings. The molecule has 7 nitrogen and oxygen atoms in total. The van der Waals surface area contributed by atoms with Crippen molar-refractivity contribution in [1.29, 1.82) is 0 Å². The molecule has 0 saturated carbocycles. The number of nitrogens with zero attached hydrogens (tertiary/aromatic N) is 3. The first-order valence-electron chi connectivity index (χ1n) is 6.50. The molecule has 1 aliphatic heterocycles. The highest BCUT2D eigenvalue weighted by Gasteiger charge is 2.34. The van der Waals surface area contributed by atoms with Gasteiger partial charge < -0.3 is 5.11 Å². The Morgan fingerprint density at radius 1 is 1.24 bits per heavy atom. The molecule has 1 fully saturated rings. The topological polar surface area (TPSA) is 92.5 Å². The molecular formula is C14H13N3O4. The molecule has 1 aliphatic rings. The number of phenols is 1. The van der Waals surface area contributed by atoms with Crippen LogP contribution >= 0.6 is 0 Å². The maximum absolute atomic E-state index is 12.4. The molecule has 0 spiro atoms. The van der Waals surface area contributed by atoms with Crippen LogP contribution in [-0.2, 0) is 9.59 Å². The molecule has 108 valence electrons. The van der Waals surface area contributed by atoms with Gasteiger partial charge in [-0.1, -0.05) is 6.07 Å². The third kappa shape index (κ3) is 1.97. The molecule has 21 heavy (non-hydrogen) atoms. The van der Waals surface area contributed by atoms with E-state index in [9.17, 15) is 19.5 Å². The predicted molar refractivity (Wildman–Crippen MR) is 73.7 cm³/mol. The zero-order chi connectivity index (χ0) is 15.1. The second-order valence-electron chi connectivity index (χ2n) is 4.98. The molecule has 1 atom stereocenters. The molecule has 7 heteroatoms. The molecule has 1 aromatic carbocycles. The molecule has 0 bridgehead atoms. The van der Waals surface area contributed by atoms with Crippen LogP contribution in [-0.4, -0.2) is 38.6 Å². The Kier molecular flexibility index (Phi) is 2.97. The smallest absolute Gasteiger partial charge is 0.275 e. The van der Waals surface area contributed by atoms with Crippen LogP contribution in [0.2, 0.25) is 0 Å². The summed E-state index contributed by atoms with van der Waals surface area (Å²) in [6.45, 7) is 0. The van der Waals surface area contributed by atoms with Gasteiger partial charge in [-0.25, -0.2) is 4.68 Å². The average molecular weight is 287 g/mol. The number of amides is 2. The minimum Gasteiger partial charge on any atom is -0.507 e. The fraction of sp³-hybridized carbons (Fsp3) is 0.286. The Bertz CT molecular complexity index is 811. The Morgan fingerprint density at radius 2 is 2.00 bits per heavy atom. The lowest BCUT2D eigenvalue weighted by Gasteiger charge is -2.28. The maximum atomic E-state index is 12.4. The van der Waals surface area contributed by atoms with Crippen molar-refractivity contribution < 1.29 is 14.7 Å². The van der Waals surface area contributed by atoms with Crippen molar-refractivity contribution in [3.05, 3.63) is 34.7 Å². The number of hydrogen-bond donors (Lipinski definition) is 1. The minimum absolute atomic E-state index is 0.0356. The van der Waals surface area contributed by atoms with Gasteiger partial charge in [0.15, 0.2) is 0 Å². The van der Waals surface area contributed by atoms with Gasteiger partial charge in [0.2, 0.25) is 5.91 Å². The Labute approximate surface area is 119 Å². The highest BCUT2D eigenvalue weighted by Crippen LogP contribution is 2.24. The molecule has 0 aliphatic carbocycles.